The Labute approximate surface area is 129 Å². The lowest BCUT2D eigenvalue weighted by molar-refractivity contribution is 0.718. The normalized spacial score (nSPS) is 10.5. The number of amidine groups is 1. The summed E-state index contributed by atoms with van der Waals surface area (Å²) >= 11 is 3.39. The number of nitrogens with zero attached hydrogens (tertiary/aromatic N) is 4. The van der Waals surface area contributed by atoms with Crippen molar-refractivity contribution in [2.24, 2.45) is 5.73 Å². The summed E-state index contributed by atoms with van der Waals surface area (Å²) in [6, 6.07) is 14.9. The number of benzene rings is 2. The van der Waals surface area contributed by atoms with Crippen molar-refractivity contribution >= 4 is 21.8 Å². The van der Waals surface area contributed by atoms with E-state index in [-0.39, 0.29) is 5.84 Å². The van der Waals surface area contributed by atoms with Crippen LogP contribution >= 0.6 is 15.9 Å². The smallest absolute Gasteiger partial charge is 0.205 e. The number of nitrogens with two attached hydrogens (primary N) is 1. The van der Waals surface area contributed by atoms with Gasteiger partial charge in [-0.05, 0) is 23.4 Å². The Morgan fingerprint density at radius 3 is 2.62 bits per heavy atom. The summed E-state index contributed by atoms with van der Waals surface area (Å²) in [5.74, 6) is 0.473. The van der Waals surface area contributed by atoms with E-state index in [1.807, 2.05) is 36.4 Å². The van der Waals surface area contributed by atoms with Gasteiger partial charge in [0.2, 0.25) is 5.82 Å². The topological polar surface area (TPSA) is 93.5 Å². The standard InChI is InChI=1S/C14H11BrN6/c15-10-6-7-11(13(16)17)12(8-10)21-19-14(18-20-21)9-4-2-1-3-5-9/h1-8H,(H3,16,17). The van der Waals surface area contributed by atoms with Gasteiger partial charge in [-0.3, -0.25) is 5.41 Å². The molecule has 2 aromatic carbocycles. The third-order valence-corrected chi connectivity index (χ3v) is 3.40. The van der Waals surface area contributed by atoms with E-state index >= 15 is 0 Å². The SMILES string of the molecule is N=C(N)c1ccc(Br)cc1-n1nnc(-c2ccccc2)n1. The molecule has 0 saturated heterocycles. The minimum atomic E-state index is -0.0453. The van der Waals surface area contributed by atoms with Gasteiger partial charge in [-0.2, -0.15) is 0 Å². The molecular formula is C14H11BrN6. The number of nitrogen functional groups attached to an aromatic ring is 1. The monoisotopic (exact) mass is 342 g/mol. The van der Waals surface area contributed by atoms with E-state index in [2.05, 4.69) is 31.3 Å². The minimum Gasteiger partial charge on any atom is -0.384 e. The summed E-state index contributed by atoms with van der Waals surface area (Å²) in [6.45, 7) is 0. The molecule has 3 aromatic rings. The van der Waals surface area contributed by atoms with E-state index < -0.39 is 0 Å². The van der Waals surface area contributed by atoms with Crippen LogP contribution in [0.1, 0.15) is 5.56 Å². The molecule has 6 nitrogen and oxygen atoms in total. The highest BCUT2D eigenvalue weighted by molar-refractivity contribution is 9.10. The molecule has 0 aliphatic rings. The minimum absolute atomic E-state index is 0.0453. The Balaban J connectivity index is 2.08. The first kappa shape index (κ1) is 13.4. The number of aromatic nitrogens is 4. The molecule has 0 amide bonds. The predicted octanol–water partition coefficient (Wildman–Crippen LogP) is 2.38. The van der Waals surface area contributed by atoms with Crippen LogP contribution in [0.4, 0.5) is 0 Å². The summed E-state index contributed by atoms with van der Waals surface area (Å²) in [7, 11) is 0. The lowest BCUT2D eigenvalue weighted by Crippen LogP contribution is -2.15. The highest BCUT2D eigenvalue weighted by Gasteiger charge is 2.12. The Morgan fingerprint density at radius 1 is 1.14 bits per heavy atom. The maximum atomic E-state index is 7.64. The predicted molar refractivity (Wildman–Crippen MR) is 83.3 cm³/mol. The molecule has 3 N–H and O–H groups in total. The number of tetrazole rings is 1. The molecule has 0 aliphatic heterocycles. The lowest BCUT2D eigenvalue weighted by Gasteiger charge is -2.06. The highest BCUT2D eigenvalue weighted by atomic mass is 79.9. The van der Waals surface area contributed by atoms with Gasteiger partial charge < -0.3 is 5.73 Å². The maximum Gasteiger partial charge on any atom is 0.205 e. The highest BCUT2D eigenvalue weighted by Crippen LogP contribution is 2.20. The zero-order valence-electron chi connectivity index (χ0n) is 10.9. The summed E-state index contributed by atoms with van der Waals surface area (Å²) in [4.78, 5) is 1.38. The molecular weight excluding hydrogens is 332 g/mol. The summed E-state index contributed by atoms with van der Waals surface area (Å²) in [5, 5.41) is 20.1. The van der Waals surface area contributed by atoms with Crippen molar-refractivity contribution in [2.45, 2.75) is 0 Å². The molecule has 0 bridgehead atoms. The average molecular weight is 343 g/mol. The van der Waals surface area contributed by atoms with E-state index in [1.165, 1.54) is 4.80 Å². The van der Waals surface area contributed by atoms with Crippen LogP contribution in [0.2, 0.25) is 0 Å². The molecule has 0 unspecified atom stereocenters. The van der Waals surface area contributed by atoms with Crippen molar-refractivity contribution in [3.63, 3.8) is 0 Å². The van der Waals surface area contributed by atoms with E-state index in [4.69, 9.17) is 11.1 Å². The van der Waals surface area contributed by atoms with Crippen molar-refractivity contribution in [2.75, 3.05) is 0 Å². The number of hydrogen-bond donors (Lipinski definition) is 2. The van der Waals surface area contributed by atoms with Crippen LogP contribution in [0.25, 0.3) is 17.1 Å². The summed E-state index contributed by atoms with van der Waals surface area (Å²) in [5.41, 5.74) is 7.63. The maximum absolute atomic E-state index is 7.64. The number of halogens is 1. The Morgan fingerprint density at radius 2 is 1.90 bits per heavy atom. The fourth-order valence-corrected chi connectivity index (χ4v) is 2.27. The largest absolute Gasteiger partial charge is 0.384 e. The molecule has 0 aliphatic carbocycles. The molecule has 1 aromatic heterocycles. The number of hydrogen-bond acceptors (Lipinski definition) is 4. The number of nitrogens with one attached hydrogen (secondary N) is 1. The van der Waals surface area contributed by atoms with Gasteiger partial charge in [0.25, 0.3) is 0 Å². The lowest BCUT2D eigenvalue weighted by atomic mass is 10.1. The van der Waals surface area contributed by atoms with Crippen LogP contribution in [0.3, 0.4) is 0 Å². The summed E-state index contributed by atoms with van der Waals surface area (Å²) in [6.07, 6.45) is 0. The van der Waals surface area contributed by atoms with Crippen LogP contribution in [-0.4, -0.2) is 26.0 Å². The van der Waals surface area contributed by atoms with E-state index in [1.54, 1.807) is 12.1 Å². The third kappa shape index (κ3) is 2.68. The van der Waals surface area contributed by atoms with Crippen LogP contribution in [0.5, 0.6) is 0 Å². The molecule has 0 saturated carbocycles. The molecule has 1 heterocycles. The van der Waals surface area contributed by atoms with Gasteiger partial charge in [0, 0.05) is 15.6 Å². The van der Waals surface area contributed by atoms with Crippen LogP contribution in [0, 0.1) is 5.41 Å². The van der Waals surface area contributed by atoms with Gasteiger partial charge in [-0.1, -0.05) is 46.3 Å². The second kappa shape index (κ2) is 5.45. The second-order valence-electron chi connectivity index (χ2n) is 4.34. The van der Waals surface area contributed by atoms with E-state index in [0.29, 0.717) is 17.1 Å². The van der Waals surface area contributed by atoms with Crippen LogP contribution < -0.4 is 5.73 Å². The van der Waals surface area contributed by atoms with Crippen molar-refractivity contribution in [1.29, 1.82) is 5.41 Å². The van der Waals surface area contributed by atoms with E-state index in [0.717, 1.165) is 10.0 Å². The van der Waals surface area contributed by atoms with Crippen molar-refractivity contribution in [3.8, 4) is 17.1 Å². The Hall–Kier alpha value is -2.54. The zero-order valence-corrected chi connectivity index (χ0v) is 12.4. The molecule has 104 valence electrons. The van der Waals surface area contributed by atoms with E-state index in [9.17, 15) is 0 Å². The van der Waals surface area contributed by atoms with Gasteiger partial charge in [-0.15, -0.1) is 15.0 Å². The Kier molecular flexibility index (Phi) is 3.49. The first-order valence-electron chi connectivity index (χ1n) is 6.15. The van der Waals surface area contributed by atoms with Crippen molar-refractivity contribution < 1.29 is 0 Å². The zero-order chi connectivity index (χ0) is 14.8. The van der Waals surface area contributed by atoms with Crippen molar-refractivity contribution in [3.05, 3.63) is 58.6 Å². The molecule has 0 radical (unpaired) electrons. The van der Waals surface area contributed by atoms with Crippen LogP contribution in [0.15, 0.2) is 53.0 Å². The molecule has 3 rings (SSSR count). The van der Waals surface area contributed by atoms with Gasteiger partial charge >= 0.3 is 0 Å². The van der Waals surface area contributed by atoms with Gasteiger partial charge in [0.15, 0.2) is 0 Å². The Bertz CT molecular complexity index is 796. The first-order valence-corrected chi connectivity index (χ1v) is 6.94. The second-order valence-corrected chi connectivity index (χ2v) is 5.26. The van der Waals surface area contributed by atoms with Gasteiger partial charge in [0.05, 0.1) is 5.69 Å². The molecule has 21 heavy (non-hydrogen) atoms. The fourth-order valence-electron chi connectivity index (χ4n) is 1.92. The van der Waals surface area contributed by atoms with Crippen molar-refractivity contribution in [1.82, 2.24) is 20.2 Å². The number of rotatable bonds is 3. The molecule has 0 spiro atoms. The summed E-state index contributed by atoms with van der Waals surface area (Å²) < 4.78 is 0.848. The first-order chi connectivity index (χ1) is 10.1. The fraction of sp³-hybridized carbons (Fsp3) is 0. The molecule has 0 atom stereocenters. The third-order valence-electron chi connectivity index (χ3n) is 2.91. The average Bonchev–Trinajstić information content (AvgIpc) is 2.97. The molecule has 0 fully saturated rings. The quantitative estimate of drug-likeness (QED) is 0.564. The van der Waals surface area contributed by atoms with Crippen LogP contribution in [-0.2, 0) is 0 Å². The van der Waals surface area contributed by atoms with Gasteiger partial charge in [-0.25, -0.2) is 0 Å². The van der Waals surface area contributed by atoms with Gasteiger partial charge in [0.1, 0.15) is 5.84 Å². The molecule has 7 heteroatoms.